The zero-order valence-electron chi connectivity index (χ0n) is 12.3. The molecule has 0 N–H and O–H groups in total. The normalized spacial score (nSPS) is 16.5. The van der Waals surface area contributed by atoms with Gasteiger partial charge in [0.15, 0.2) is 0 Å². The summed E-state index contributed by atoms with van der Waals surface area (Å²) in [6.07, 6.45) is 0. The number of hydrogen-bond donors (Lipinski definition) is 0. The summed E-state index contributed by atoms with van der Waals surface area (Å²) in [5.41, 5.74) is 8.19. The van der Waals surface area contributed by atoms with Crippen LogP contribution in [0.15, 0.2) is 36.4 Å². The lowest BCUT2D eigenvalue weighted by atomic mass is 9.98. The van der Waals surface area contributed by atoms with Crippen LogP contribution in [-0.4, -0.2) is 19.0 Å². The van der Waals surface area contributed by atoms with E-state index in [0.717, 1.165) is 0 Å². The maximum atomic E-state index is 2.42. The van der Waals surface area contributed by atoms with Crippen molar-refractivity contribution in [2.24, 2.45) is 0 Å². The summed E-state index contributed by atoms with van der Waals surface area (Å²) in [4.78, 5) is 1.49. The molecule has 2 aliphatic rings. The fourth-order valence-electron chi connectivity index (χ4n) is 3.20. The molecule has 0 fully saturated rings. The Bertz CT molecular complexity index is 713. The number of rotatable bonds is 0. The standard InChI is InChI=1S/C17H18N2S/c1-11-5-7-15-13(9-11)17-14-10-12(2)6-8-16(14)19(4)20(17)18(15)3/h5-10H,1-4H3. The van der Waals surface area contributed by atoms with E-state index in [2.05, 4.69) is 73.0 Å². The number of aryl methyl sites for hydroxylation is 2. The third-order valence-electron chi connectivity index (χ3n) is 4.17. The maximum absolute atomic E-state index is 2.42. The highest BCUT2D eigenvalue weighted by Gasteiger charge is 2.36. The molecule has 3 heteroatoms. The van der Waals surface area contributed by atoms with Crippen molar-refractivity contribution in [1.29, 1.82) is 0 Å². The van der Waals surface area contributed by atoms with Crippen LogP contribution in [0.2, 0.25) is 0 Å². The molecule has 20 heavy (non-hydrogen) atoms. The van der Waals surface area contributed by atoms with Crippen LogP contribution in [0.25, 0.3) is 0 Å². The van der Waals surface area contributed by atoms with Gasteiger partial charge in [0.1, 0.15) is 0 Å². The van der Waals surface area contributed by atoms with Crippen LogP contribution in [0.1, 0.15) is 22.3 Å². The first kappa shape index (κ1) is 12.0. The predicted octanol–water partition coefficient (Wildman–Crippen LogP) is 3.87. The van der Waals surface area contributed by atoms with Gasteiger partial charge in [0, 0.05) is 36.1 Å². The number of hydrogen-bond acceptors (Lipinski definition) is 2. The maximum Gasteiger partial charge on any atom is 0.0562 e. The number of anilines is 2. The van der Waals surface area contributed by atoms with Crippen LogP contribution in [0.4, 0.5) is 11.4 Å². The van der Waals surface area contributed by atoms with E-state index in [1.807, 2.05) is 0 Å². The molecule has 4 rings (SSSR count). The van der Waals surface area contributed by atoms with Crippen molar-refractivity contribution in [3.8, 4) is 0 Å². The second-order valence-corrected chi connectivity index (χ2v) is 7.66. The molecular weight excluding hydrogens is 264 g/mol. The predicted molar refractivity (Wildman–Crippen MR) is 90.0 cm³/mol. The van der Waals surface area contributed by atoms with E-state index in [1.165, 1.54) is 38.5 Å². The fourth-order valence-corrected chi connectivity index (χ4v) is 5.52. The summed E-state index contributed by atoms with van der Waals surface area (Å²) in [5.74, 6) is 0. The Morgan fingerprint density at radius 2 is 1.20 bits per heavy atom. The van der Waals surface area contributed by atoms with Crippen molar-refractivity contribution in [2.45, 2.75) is 13.8 Å². The first-order valence-corrected chi connectivity index (χ1v) is 8.03. The average Bonchev–Trinajstić information content (AvgIpc) is 2.85. The summed E-state index contributed by atoms with van der Waals surface area (Å²) in [6, 6.07) is 13.6. The Labute approximate surface area is 122 Å². The van der Waals surface area contributed by atoms with Crippen LogP contribution in [0.5, 0.6) is 0 Å². The summed E-state index contributed by atoms with van der Waals surface area (Å²) >= 11 is 0. The van der Waals surface area contributed by atoms with E-state index in [1.54, 1.807) is 0 Å². The van der Waals surface area contributed by atoms with Crippen LogP contribution < -0.4 is 8.61 Å². The van der Waals surface area contributed by atoms with Crippen LogP contribution >= 0.6 is 10.9 Å². The molecule has 0 aromatic heterocycles. The Balaban J connectivity index is 2.04. The molecule has 0 saturated heterocycles. The highest BCUT2D eigenvalue weighted by molar-refractivity contribution is 8.19. The van der Waals surface area contributed by atoms with Crippen molar-refractivity contribution in [2.75, 3.05) is 22.7 Å². The van der Waals surface area contributed by atoms with Gasteiger partial charge in [0.2, 0.25) is 0 Å². The van der Waals surface area contributed by atoms with Gasteiger partial charge < -0.3 is 8.61 Å². The zero-order chi connectivity index (χ0) is 14.0. The first-order chi connectivity index (χ1) is 9.58. The van der Waals surface area contributed by atoms with Crippen molar-refractivity contribution in [1.82, 2.24) is 0 Å². The first-order valence-electron chi connectivity index (χ1n) is 6.89. The van der Waals surface area contributed by atoms with Gasteiger partial charge in [-0.2, -0.15) is 0 Å². The number of fused-ring (bicyclic) bond motifs is 4. The Kier molecular flexibility index (Phi) is 2.34. The van der Waals surface area contributed by atoms with Gasteiger partial charge in [-0.3, -0.25) is 0 Å². The molecule has 0 radical (unpaired) electrons. The van der Waals surface area contributed by atoms with Gasteiger partial charge in [-0.1, -0.05) is 23.3 Å². The molecule has 2 heterocycles. The molecular formula is C17H18N2S. The van der Waals surface area contributed by atoms with Crippen molar-refractivity contribution in [3.05, 3.63) is 58.7 Å². The Morgan fingerprint density at radius 3 is 1.65 bits per heavy atom. The van der Waals surface area contributed by atoms with Gasteiger partial charge in [0.05, 0.1) is 16.2 Å². The van der Waals surface area contributed by atoms with Crippen molar-refractivity contribution < 1.29 is 0 Å². The molecule has 2 nitrogen and oxygen atoms in total. The molecule has 0 bridgehead atoms. The smallest absolute Gasteiger partial charge is 0.0562 e. The minimum Gasteiger partial charge on any atom is -0.308 e. The lowest BCUT2D eigenvalue weighted by molar-refractivity contribution is 1.28. The van der Waals surface area contributed by atoms with Gasteiger partial charge in [-0.25, -0.2) is 0 Å². The van der Waals surface area contributed by atoms with E-state index >= 15 is 0 Å². The quantitative estimate of drug-likeness (QED) is 0.677. The second kappa shape index (κ2) is 3.89. The third-order valence-corrected chi connectivity index (χ3v) is 6.41. The van der Waals surface area contributed by atoms with E-state index < -0.39 is 0 Å². The summed E-state index contributed by atoms with van der Waals surface area (Å²) in [5, 5.41) is 0. The monoisotopic (exact) mass is 282 g/mol. The van der Waals surface area contributed by atoms with Crippen molar-refractivity contribution >= 4 is 27.1 Å². The van der Waals surface area contributed by atoms with Gasteiger partial charge in [-0.05, 0) is 38.1 Å². The van der Waals surface area contributed by atoms with E-state index in [0.29, 0.717) is 0 Å². The van der Waals surface area contributed by atoms with Crippen LogP contribution in [0.3, 0.4) is 0 Å². The van der Waals surface area contributed by atoms with E-state index in [4.69, 9.17) is 0 Å². The third kappa shape index (κ3) is 1.39. The lowest BCUT2D eigenvalue weighted by Crippen LogP contribution is -2.18. The molecule has 0 amide bonds. The number of nitrogens with zero attached hydrogens (tertiary/aromatic N) is 2. The molecule has 2 aromatic rings. The Morgan fingerprint density at radius 1 is 0.750 bits per heavy atom. The highest BCUT2D eigenvalue weighted by atomic mass is 32.2. The molecule has 0 aliphatic carbocycles. The van der Waals surface area contributed by atoms with E-state index in [9.17, 15) is 0 Å². The average molecular weight is 282 g/mol. The second-order valence-electron chi connectivity index (χ2n) is 5.63. The van der Waals surface area contributed by atoms with Gasteiger partial charge in [0.25, 0.3) is 0 Å². The summed E-state index contributed by atoms with van der Waals surface area (Å²) in [6.45, 7) is 4.35. The van der Waals surface area contributed by atoms with Gasteiger partial charge >= 0.3 is 0 Å². The molecule has 0 saturated carbocycles. The topological polar surface area (TPSA) is 6.48 Å². The largest absolute Gasteiger partial charge is 0.308 e. The lowest BCUT2D eigenvalue weighted by Gasteiger charge is -2.26. The number of benzene rings is 2. The Hall–Kier alpha value is -1.74. The molecule has 0 unspecified atom stereocenters. The van der Waals surface area contributed by atoms with Crippen LogP contribution in [0, 0.1) is 13.8 Å². The molecule has 2 aromatic carbocycles. The molecule has 0 spiro atoms. The molecule has 102 valence electrons. The zero-order valence-corrected chi connectivity index (χ0v) is 13.1. The van der Waals surface area contributed by atoms with Crippen molar-refractivity contribution in [3.63, 3.8) is 0 Å². The fraction of sp³-hybridized carbons (Fsp3) is 0.235. The SMILES string of the molecule is Cc1ccc2c(c1)C1=S(N2C)N(C)c2ccc(C)cc21. The van der Waals surface area contributed by atoms with Crippen LogP contribution in [-0.2, 0) is 0 Å². The molecule has 0 atom stereocenters. The summed E-state index contributed by atoms with van der Waals surface area (Å²) < 4.78 is 4.83. The highest BCUT2D eigenvalue weighted by Crippen LogP contribution is 2.51. The van der Waals surface area contributed by atoms with Gasteiger partial charge in [-0.15, -0.1) is 0 Å². The minimum atomic E-state index is 0.0164. The summed E-state index contributed by atoms with van der Waals surface area (Å²) in [7, 11) is 4.43. The van der Waals surface area contributed by atoms with E-state index in [-0.39, 0.29) is 10.9 Å². The molecule has 2 aliphatic heterocycles. The minimum absolute atomic E-state index is 0.0164.